The lowest BCUT2D eigenvalue weighted by molar-refractivity contribution is -0.392. The molecule has 0 spiro atoms. The first kappa shape index (κ1) is 30.0. The van der Waals surface area contributed by atoms with E-state index in [1.807, 2.05) is 0 Å². The molecule has 15 nitrogen and oxygen atoms in total. The Morgan fingerprint density at radius 1 is 0.857 bits per heavy atom. The highest BCUT2D eigenvalue weighted by molar-refractivity contribution is 5.88. The second-order valence-corrected chi connectivity index (χ2v) is 10.3. The van der Waals surface area contributed by atoms with Crippen LogP contribution in [-0.2, 0) is 9.47 Å². The molecule has 15 heteroatoms. The predicted molar refractivity (Wildman–Crippen MR) is 139 cm³/mol. The van der Waals surface area contributed by atoms with Crippen molar-refractivity contribution in [1.82, 2.24) is 0 Å². The van der Waals surface area contributed by atoms with Gasteiger partial charge >= 0.3 is 0 Å². The maximum Gasteiger partial charge on any atom is 0.268 e. The van der Waals surface area contributed by atoms with E-state index in [0.717, 1.165) is 30.5 Å². The summed E-state index contributed by atoms with van der Waals surface area (Å²) in [7, 11) is 0. The van der Waals surface area contributed by atoms with Gasteiger partial charge in [-0.1, -0.05) is 6.07 Å². The summed E-state index contributed by atoms with van der Waals surface area (Å²) in [5, 5.41) is 103. The molecule has 2 aliphatic heterocycles. The number of rotatable bonds is 5. The number of ether oxygens (including phenoxy) is 3. The third kappa shape index (κ3) is 4.74. The van der Waals surface area contributed by atoms with Gasteiger partial charge in [-0.25, -0.2) is 0 Å². The molecule has 5 rings (SSSR count). The minimum absolute atomic E-state index is 0.0727. The van der Waals surface area contributed by atoms with Crippen LogP contribution in [0.2, 0.25) is 0 Å². The Balaban J connectivity index is 1.61. The van der Waals surface area contributed by atoms with Gasteiger partial charge < -0.3 is 69.7 Å². The van der Waals surface area contributed by atoms with Gasteiger partial charge in [0.25, 0.3) is 5.79 Å². The van der Waals surface area contributed by atoms with Crippen LogP contribution in [0.3, 0.4) is 0 Å². The summed E-state index contributed by atoms with van der Waals surface area (Å²) < 4.78 is 22.8. The van der Waals surface area contributed by atoms with Crippen LogP contribution in [0.5, 0.6) is 23.0 Å². The number of fused-ring (bicyclic) bond motifs is 1. The average molecular weight is 595 g/mol. The number of phenolic OH excluding ortho intramolecular Hbond substituents is 3. The molecule has 10 N–H and O–H groups in total. The molecule has 0 amide bonds. The minimum atomic E-state index is -2.63. The molecule has 3 heterocycles. The van der Waals surface area contributed by atoms with Crippen molar-refractivity contribution < 1.29 is 69.7 Å². The molecule has 0 radical (unpaired) electrons. The summed E-state index contributed by atoms with van der Waals surface area (Å²) in [6, 6.07) is 5.66. The van der Waals surface area contributed by atoms with Gasteiger partial charge in [-0.05, 0) is 24.6 Å². The zero-order valence-electron chi connectivity index (χ0n) is 21.9. The SMILES string of the molecule is C[C@@H]1O[C@@](Oc2cc(O)c3c(=O)c(-c4ccc(O)c(O)c4)coc3c2)([C@H]2O[C@@H](CO)[C@@H](O)[C@@H](O)[C@@H]2O)[C@@H](O)[C@@H](O)[C@H]1O. The maximum atomic E-state index is 13.3. The van der Waals surface area contributed by atoms with E-state index >= 15 is 0 Å². The predicted octanol–water partition coefficient (Wildman–Crippen LogP) is -2.00. The monoisotopic (exact) mass is 594 g/mol. The van der Waals surface area contributed by atoms with Crippen LogP contribution in [0.25, 0.3) is 22.1 Å². The smallest absolute Gasteiger partial charge is 0.268 e. The van der Waals surface area contributed by atoms with Gasteiger partial charge in [0.05, 0.1) is 18.3 Å². The third-order valence-corrected chi connectivity index (χ3v) is 7.62. The number of aliphatic hydroxyl groups excluding tert-OH is 7. The van der Waals surface area contributed by atoms with Crippen LogP contribution in [0.1, 0.15) is 6.92 Å². The first-order valence-corrected chi connectivity index (χ1v) is 12.8. The van der Waals surface area contributed by atoms with E-state index in [1.165, 1.54) is 13.0 Å². The second-order valence-electron chi connectivity index (χ2n) is 10.3. The molecule has 0 saturated carbocycles. The Labute approximate surface area is 236 Å². The van der Waals surface area contributed by atoms with Crippen molar-refractivity contribution in [3.8, 4) is 34.1 Å². The molecule has 10 atom stereocenters. The van der Waals surface area contributed by atoms with Crippen LogP contribution >= 0.6 is 0 Å². The number of hydrogen-bond acceptors (Lipinski definition) is 15. The molecule has 2 saturated heterocycles. The van der Waals surface area contributed by atoms with Crippen LogP contribution in [0, 0.1) is 0 Å². The molecule has 2 aliphatic rings. The van der Waals surface area contributed by atoms with Crippen molar-refractivity contribution in [2.24, 2.45) is 0 Å². The summed E-state index contributed by atoms with van der Waals surface area (Å²) in [5.41, 5.74) is -0.862. The molecule has 0 unspecified atom stereocenters. The standard InChI is InChI=1S/C27H30O15/c1-9-19(32)23(36)25(38)27(41-9,26-24(37)22(35)21(34)17(7-28)40-26)42-11-5-15(31)18-16(6-11)39-8-12(20(18)33)10-2-3-13(29)14(30)4-10/h2-6,8-9,17,19,21-26,28-32,34-38H,7H2,1H3/t9-,17-,19-,21+,22+,23-,24-,25-,26-,27-/m0/s1. The third-order valence-electron chi connectivity index (χ3n) is 7.62. The lowest BCUT2D eigenvalue weighted by Crippen LogP contribution is -2.76. The molecular weight excluding hydrogens is 564 g/mol. The highest BCUT2D eigenvalue weighted by Crippen LogP contribution is 2.42. The van der Waals surface area contributed by atoms with Gasteiger partial charge in [0.15, 0.2) is 23.7 Å². The average Bonchev–Trinajstić information content (AvgIpc) is 2.95. The summed E-state index contributed by atoms with van der Waals surface area (Å²) >= 11 is 0. The first-order valence-electron chi connectivity index (χ1n) is 12.8. The van der Waals surface area contributed by atoms with Crippen LogP contribution in [0.4, 0.5) is 0 Å². The lowest BCUT2D eigenvalue weighted by atomic mass is 9.83. The molecule has 3 aromatic rings. The Hall–Kier alpha value is -3.51. The number of aromatic hydroxyl groups is 3. The van der Waals surface area contributed by atoms with Gasteiger partial charge in [0.2, 0.25) is 5.43 Å². The van der Waals surface area contributed by atoms with Crippen LogP contribution in [0.15, 0.2) is 45.8 Å². The lowest BCUT2D eigenvalue weighted by Gasteiger charge is -2.54. The normalized spacial score (nSPS) is 35.3. The summed E-state index contributed by atoms with van der Waals surface area (Å²) in [5.74, 6) is -4.57. The van der Waals surface area contributed by atoms with Gasteiger partial charge in [-0.2, -0.15) is 0 Å². The topological polar surface area (TPSA) is 260 Å². The Kier molecular flexibility index (Phi) is 7.82. The Bertz CT molecular complexity index is 1520. The van der Waals surface area contributed by atoms with Crippen LogP contribution in [-0.4, -0.2) is 118 Å². The molecule has 2 aromatic carbocycles. The number of aliphatic hydroxyl groups is 7. The zero-order chi connectivity index (χ0) is 30.7. The van der Waals surface area contributed by atoms with Gasteiger partial charge in [-0.3, -0.25) is 4.79 Å². The van der Waals surface area contributed by atoms with E-state index in [-0.39, 0.29) is 27.8 Å². The van der Waals surface area contributed by atoms with Crippen molar-refractivity contribution >= 4 is 11.0 Å². The fourth-order valence-corrected chi connectivity index (χ4v) is 5.29. The zero-order valence-corrected chi connectivity index (χ0v) is 21.9. The van der Waals surface area contributed by atoms with Crippen molar-refractivity contribution in [3.63, 3.8) is 0 Å². The van der Waals surface area contributed by atoms with E-state index in [1.54, 1.807) is 0 Å². The molecule has 1 aromatic heterocycles. The van der Waals surface area contributed by atoms with Crippen molar-refractivity contribution in [2.75, 3.05) is 6.61 Å². The van der Waals surface area contributed by atoms with Gasteiger partial charge in [0, 0.05) is 12.1 Å². The van der Waals surface area contributed by atoms with E-state index in [2.05, 4.69) is 0 Å². The van der Waals surface area contributed by atoms with E-state index in [9.17, 15) is 55.9 Å². The Morgan fingerprint density at radius 2 is 1.57 bits per heavy atom. The Morgan fingerprint density at radius 3 is 2.24 bits per heavy atom. The van der Waals surface area contributed by atoms with Crippen LogP contribution < -0.4 is 10.2 Å². The van der Waals surface area contributed by atoms with Crippen molar-refractivity contribution in [3.05, 3.63) is 46.8 Å². The highest BCUT2D eigenvalue weighted by Gasteiger charge is 2.64. The van der Waals surface area contributed by atoms with E-state index in [0.29, 0.717) is 0 Å². The molecule has 228 valence electrons. The molecule has 0 bridgehead atoms. The molecule has 2 fully saturated rings. The van der Waals surface area contributed by atoms with E-state index in [4.69, 9.17) is 18.6 Å². The van der Waals surface area contributed by atoms with Gasteiger partial charge in [0.1, 0.15) is 65.4 Å². The molecular formula is C27H30O15. The van der Waals surface area contributed by atoms with E-state index < -0.39 is 90.0 Å². The molecule has 0 aliphatic carbocycles. The fraction of sp³-hybridized carbons (Fsp3) is 0.444. The minimum Gasteiger partial charge on any atom is -0.507 e. The molecule has 42 heavy (non-hydrogen) atoms. The number of phenols is 3. The van der Waals surface area contributed by atoms with Crippen molar-refractivity contribution in [2.45, 2.75) is 67.6 Å². The largest absolute Gasteiger partial charge is 0.507 e. The fourth-order valence-electron chi connectivity index (χ4n) is 5.29. The summed E-state index contributed by atoms with van der Waals surface area (Å²) in [4.78, 5) is 13.3. The maximum absolute atomic E-state index is 13.3. The number of benzene rings is 2. The summed E-state index contributed by atoms with van der Waals surface area (Å²) in [6.07, 6.45) is -15.1. The summed E-state index contributed by atoms with van der Waals surface area (Å²) in [6.45, 7) is 0.471. The first-order chi connectivity index (χ1) is 19.8. The van der Waals surface area contributed by atoms with Crippen molar-refractivity contribution in [1.29, 1.82) is 0 Å². The van der Waals surface area contributed by atoms with Gasteiger partial charge in [-0.15, -0.1) is 0 Å². The second kappa shape index (κ2) is 11.0. The number of hydrogen-bond donors (Lipinski definition) is 10. The highest BCUT2D eigenvalue weighted by atomic mass is 16.7. The quantitative estimate of drug-likeness (QED) is 0.143.